The predicted octanol–water partition coefficient (Wildman–Crippen LogP) is 4.48. The van der Waals surface area contributed by atoms with E-state index in [1.807, 2.05) is 55.1 Å². The number of anilines is 2. The van der Waals surface area contributed by atoms with Crippen molar-refractivity contribution in [3.05, 3.63) is 66.1 Å². The Labute approximate surface area is 197 Å². The Bertz CT molecular complexity index is 1380. The number of nitrogens with one attached hydrogen (secondary N) is 1. The summed E-state index contributed by atoms with van der Waals surface area (Å²) in [7, 11) is 1.60. The lowest BCUT2D eigenvalue weighted by atomic mass is 9.96. The standard InChI is InChI=1S/C26H27N5O3/c1-26(2,15-32)16-34-22-7-6-20(11-23(22)33-3)29-24-25-28-8-9-31(25)14-21(30-24)17-4-5-18-12-27-13-19(18)10-17/h4-12,14,32H,13,15-16H2,1-3H3,(H,29,30). The minimum absolute atomic E-state index is 0.0362. The first-order valence-electron chi connectivity index (χ1n) is 11.1. The van der Waals surface area contributed by atoms with Gasteiger partial charge >= 0.3 is 0 Å². The average molecular weight is 458 g/mol. The van der Waals surface area contributed by atoms with Gasteiger partial charge in [0, 0.05) is 47.5 Å². The van der Waals surface area contributed by atoms with Crippen LogP contribution in [-0.4, -0.2) is 46.0 Å². The largest absolute Gasteiger partial charge is 0.493 e. The zero-order valence-electron chi connectivity index (χ0n) is 19.4. The zero-order valence-corrected chi connectivity index (χ0v) is 19.4. The van der Waals surface area contributed by atoms with Crippen molar-refractivity contribution in [2.24, 2.45) is 10.4 Å². The highest BCUT2D eigenvalue weighted by Crippen LogP contribution is 2.33. The quantitative estimate of drug-likeness (QED) is 0.405. The molecule has 34 heavy (non-hydrogen) atoms. The van der Waals surface area contributed by atoms with Crippen molar-refractivity contribution in [3.63, 3.8) is 0 Å². The highest BCUT2D eigenvalue weighted by molar-refractivity contribution is 5.86. The number of aliphatic hydroxyl groups excluding tert-OH is 1. The van der Waals surface area contributed by atoms with Gasteiger partial charge in [0.05, 0.1) is 32.6 Å². The van der Waals surface area contributed by atoms with Gasteiger partial charge in [-0.3, -0.25) is 4.99 Å². The van der Waals surface area contributed by atoms with Crippen LogP contribution in [0.4, 0.5) is 11.5 Å². The summed E-state index contributed by atoms with van der Waals surface area (Å²) in [5.41, 5.74) is 5.38. The van der Waals surface area contributed by atoms with Crippen molar-refractivity contribution in [3.8, 4) is 22.8 Å². The van der Waals surface area contributed by atoms with Gasteiger partial charge in [0.2, 0.25) is 0 Å². The number of hydrogen-bond donors (Lipinski definition) is 2. The molecular weight excluding hydrogens is 430 g/mol. The van der Waals surface area contributed by atoms with Crippen molar-refractivity contribution in [1.82, 2.24) is 14.4 Å². The van der Waals surface area contributed by atoms with Gasteiger partial charge in [-0.1, -0.05) is 26.0 Å². The van der Waals surface area contributed by atoms with Crippen LogP contribution in [0.3, 0.4) is 0 Å². The van der Waals surface area contributed by atoms with Crippen LogP contribution < -0.4 is 14.8 Å². The summed E-state index contributed by atoms with van der Waals surface area (Å²) in [6.07, 6.45) is 7.54. The van der Waals surface area contributed by atoms with E-state index in [0.29, 0.717) is 30.5 Å². The lowest BCUT2D eigenvalue weighted by Crippen LogP contribution is -2.25. The molecule has 0 amide bonds. The normalized spacial score (nSPS) is 12.7. The van der Waals surface area contributed by atoms with Gasteiger partial charge in [-0.15, -0.1) is 0 Å². The van der Waals surface area contributed by atoms with E-state index < -0.39 is 0 Å². The Morgan fingerprint density at radius 2 is 2.03 bits per heavy atom. The summed E-state index contributed by atoms with van der Waals surface area (Å²) >= 11 is 0. The SMILES string of the molecule is COc1cc(Nc2nc(-c3ccc4c(c3)CN=C4)cn3ccnc23)ccc1OCC(C)(C)CO. The first-order valence-corrected chi connectivity index (χ1v) is 11.1. The number of ether oxygens (including phenoxy) is 2. The van der Waals surface area contributed by atoms with Gasteiger partial charge in [-0.05, 0) is 29.3 Å². The first-order chi connectivity index (χ1) is 16.5. The molecule has 2 aromatic carbocycles. The number of benzene rings is 2. The molecule has 0 radical (unpaired) electrons. The molecule has 0 unspecified atom stereocenters. The van der Waals surface area contributed by atoms with E-state index in [4.69, 9.17) is 14.5 Å². The second-order valence-electron chi connectivity index (χ2n) is 9.12. The van der Waals surface area contributed by atoms with Crippen LogP contribution in [-0.2, 0) is 6.54 Å². The molecule has 1 aliphatic heterocycles. The lowest BCUT2D eigenvalue weighted by Gasteiger charge is -2.22. The first kappa shape index (κ1) is 21.9. The lowest BCUT2D eigenvalue weighted by molar-refractivity contribution is 0.0959. The molecule has 0 spiro atoms. The van der Waals surface area contributed by atoms with Crippen LogP contribution in [0.25, 0.3) is 16.9 Å². The summed E-state index contributed by atoms with van der Waals surface area (Å²) in [5, 5.41) is 12.9. The average Bonchev–Trinajstić information content (AvgIpc) is 3.52. The van der Waals surface area contributed by atoms with Crippen LogP contribution in [0.15, 0.2) is 60.0 Å². The second-order valence-corrected chi connectivity index (χ2v) is 9.12. The molecule has 0 aliphatic carbocycles. The summed E-state index contributed by atoms with van der Waals surface area (Å²) in [5.74, 6) is 1.84. The molecule has 8 nitrogen and oxygen atoms in total. The second kappa shape index (κ2) is 8.79. The summed E-state index contributed by atoms with van der Waals surface area (Å²) < 4.78 is 13.4. The van der Waals surface area contributed by atoms with Gasteiger partial charge in [0.25, 0.3) is 0 Å². The highest BCUT2D eigenvalue weighted by Gasteiger charge is 2.19. The molecule has 8 heteroatoms. The third-order valence-corrected chi connectivity index (χ3v) is 5.78. The van der Waals surface area contributed by atoms with Crippen molar-refractivity contribution in [1.29, 1.82) is 0 Å². The number of fused-ring (bicyclic) bond motifs is 2. The molecule has 4 aromatic rings. The molecular formula is C26H27N5O3. The fourth-order valence-electron chi connectivity index (χ4n) is 3.74. The number of methoxy groups -OCH3 is 1. The Hall–Kier alpha value is -3.91. The van der Waals surface area contributed by atoms with Crippen LogP contribution in [0.1, 0.15) is 25.0 Å². The number of aliphatic imine (C=N–C) groups is 1. The fourth-order valence-corrected chi connectivity index (χ4v) is 3.74. The number of hydrogen-bond acceptors (Lipinski definition) is 7. The summed E-state index contributed by atoms with van der Waals surface area (Å²) in [6, 6.07) is 11.9. The third kappa shape index (κ3) is 4.32. The van der Waals surface area contributed by atoms with E-state index in [2.05, 4.69) is 33.5 Å². The highest BCUT2D eigenvalue weighted by atomic mass is 16.5. The maximum absolute atomic E-state index is 9.48. The van der Waals surface area contributed by atoms with Crippen LogP contribution >= 0.6 is 0 Å². The monoisotopic (exact) mass is 457 g/mol. The number of nitrogens with zero attached hydrogens (tertiary/aromatic N) is 4. The van der Waals surface area contributed by atoms with Gasteiger partial charge in [0.1, 0.15) is 0 Å². The topological polar surface area (TPSA) is 93.3 Å². The van der Waals surface area contributed by atoms with Crippen LogP contribution in [0, 0.1) is 5.41 Å². The number of imidazole rings is 1. The van der Waals surface area contributed by atoms with E-state index >= 15 is 0 Å². The third-order valence-electron chi connectivity index (χ3n) is 5.78. The van der Waals surface area contributed by atoms with Crippen molar-refractivity contribution < 1.29 is 14.6 Å². The Morgan fingerprint density at radius 1 is 1.15 bits per heavy atom. The molecule has 0 saturated carbocycles. The summed E-state index contributed by atoms with van der Waals surface area (Å²) in [6.45, 7) is 4.99. The molecule has 1 aliphatic rings. The zero-order chi connectivity index (χ0) is 23.7. The molecule has 2 N–H and O–H groups in total. The molecule has 2 aromatic heterocycles. The maximum Gasteiger partial charge on any atom is 0.180 e. The Balaban J connectivity index is 1.45. The minimum atomic E-state index is -0.345. The molecule has 0 fully saturated rings. The molecule has 3 heterocycles. The van der Waals surface area contributed by atoms with E-state index in [0.717, 1.165) is 28.2 Å². The molecule has 0 saturated heterocycles. The molecule has 5 rings (SSSR count). The van der Waals surface area contributed by atoms with Crippen molar-refractivity contribution in [2.45, 2.75) is 20.4 Å². The number of rotatable bonds is 8. The van der Waals surface area contributed by atoms with Crippen molar-refractivity contribution >= 4 is 23.4 Å². The van der Waals surface area contributed by atoms with E-state index in [-0.39, 0.29) is 12.0 Å². The smallest absolute Gasteiger partial charge is 0.180 e. The number of aliphatic hydroxyl groups is 1. The molecule has 0 atom stereocenters. The van der Waals surface area contributed by atoms with Gasteiger partial charge in [0.15, 0.2) is 23.0 Å². The predicted molar refractivity (Wildman–Crippen MR) is 132 cm³/mol. The minimum Gasteiger partial charge on any atom is -0.493 e. The number of aromatic nitrogens is 3. The van der Waals surface area contributed by atoms with Crippen LogP contribution in [0.5, 0.6) is 11.5 Å². The maximum atomic E-state index is 9.48. The van der Waals surface area contributed by atoms with Gasteiger partial charge in [-0.25, -0.2) is 9.97 Å². The molecule has 174 valence electrons. The fraction of sp³-hybridized carbons (Fsp3) is 0.269. The molecule has 0 bridgehead atoms. The van der Waals surface area contributed by atoms with Crippen molar-refractivity contribution in [2.75, 3.05) is 25.6 Å². The van der Waals surface area contributed by atoms with E-state index in [1.165, 1.54) is 5.56 Å². The van der Waals surface area contributed by atoms with Crippen LogP contribution in [0.2, 0.25) is 0 Å². The van der Waals surface area contributed by atoms with E-state index in [9.17, 15) is 5.11 Å². The van der Waals surface area contributed by atoms with E-state index in [1.54, 1.807) is 13.3 Å². The summed E-state index contributed by atoms with van der Waals surface area (Å²) in [4.78, 5) is 13.7. The Kier molecular flexibility index (Phi) is 5.67. The Morgan fingerprint density at radius 3 is 2.85 bits per heavy atom. The van der Waals surface area contributed by atoms with Gasteiger partial charge < -0.3 is 24.3 Å². The van der Waals surface area contributed by atoms with Gasteiger partial charge in [-0.2, -0.15) is 0 Å².